The molecule has 0 aliphatic rings. The van der Waals surface area contributed by atoms with Gasteiger partial charge < -0.3 is 5.73 Å². The van der Waals surface area contributed by atoms with Gasteiger partial charge in [-0.15, -0.1) is 11.8 Å². The van der Waals surface area contributed by atoms with Gasteiger partial charge in [0.05, 0.1) is 17.0 Å². The van der Waals surface area contributed by atoms with Crippen LogP contribution in [-0.2, 0) is 0 Å². The number of carbonyl (C=O) groups excluding carboxylic acids is 1. The number of hydrogen-bond donors (Lipinski definition) is 1. The Balaban J connectivity index is 3.28. The van der Waals surface area contributed by atoms with E-state index in [1.165, 1.54) is 6.26 Å². The number of rotatable bonds is 3. The van der Waals surface area contributed by atoms with Crippen LogP contribution in [0.2, 0.25) is 0 Å². The summed E-state index contributed by atoms with van der Waals surface area (Å²) in [5.41, 5.74) is 4.93. The van der Waals surface area contributed by atoms with Crippen molar-refractivity contribution >= 4 is 17.5 Å². The molecule has 0 aliphatic heterocycles. The van der Waals surface area contributed by atoms with Crippen LogP contribution in [0.4, 0.5) is 8.78 Å². The van der Waals surface area contributed by atoms with E-state index >= 15 is 0 Å². The number of ketones is 1. The van der Waals surface area contributed by atoms with Crippen LogP contribution in [0.5, 0.6) is 0 Å². The van der Waals surface area contributed by atoms with Crippen LogP contribution in [-0.4, -0.2) is 18.6 Å². The standard InChI is InChI=1S/C9H9F2NOS/c1-14-9-6(10)3-2-5(8(9)11)7(13)4-12/h2-3H,4,12H2,1H3. The van der Waals surface area contributed by atoms with E-state index in [9.17, 15) is 13.6 Å². The summed E-state index contributed by atoms with van der Waals surface area (Å²) in [6.45, 7) is -0.281. The predicted molar refractivity (Wildman–Crippen MR) is 51.5 cm³/mol. The van der Waals surface area contributed by atoms with Crippen molar-refractivity contribution in [3.8, 4) is 0 Å². The van der Waals surface area contributed by atoms with Crippen LogP contribution in [0, 0.1) is 11.6 Å². The van der Waals surface area contributed by atoms with Gasteiger partial charge in [0, 0.05) is 0 Å². The molecule has 0 saturated heterocycles. The summed E-state index contributed by atoms with van der Waals surface area (Å²) in [7, 11) is 0. The normalized spacial score (nSPS) is 10.3. The first-order valence-electron chi connectivity index (χ1n) is 3.87. The highest BCUT2D eigenvalue weighted by molar-refractivity contribution is 7.98. The lowest BCUT2D eigenvalue weighted by Gasteiger charge is -2.05. The van der Waals surface area contributed by atoms with Crippen LogP contribution in [0.3, 0.4) is 0 Å². The van der Waals surface area contributed by atoms with Crippen molar-refractivity contribution in [2.24, 2.45) is 5.73 Å². The van der Waals surface area contributed by atoms with Gasteiger partial charge in [-0.1, -0.05) is 0 Å². The van der Waals surface area contributed by atoms with E-state index in [0.717, 1.165) is 23.9 Å². The van der Waals surface area contributed by atoms with Gasteiger partial charge in [0.1, 0.15) is 5.82 Å². The quantitative estimate of drug-likeness (QED) is 0.620. The molecule has 1 aromatic carbocycles. The minimum atomic E-state index is -0.826. The van der Waals surface area contributed by atoms with Gasteiger partial charge in [-0.2, -0.15) is 0 Å². The third-order valence-electron chi connectivity index (χ3n) is 1.74. The zero-order valence-electron chi connectivity index (χ0n) is 7.51. The van der Waals surface area contributed by atoms with Gasteiger partial charge in [0.25, 0.3) is 0 Å². The summed E-state index contributed by atoms with van der Waals surface area (Å²) in [5, 5.41) is 0. The highest BCUT2D eigenvalue weighted by atomic mass is 32.2. The van der Waals surface area contributed by atoms with Gasteiger partial charge in [0.15, 0.2) is 11.6 Å². The molecule has 0 fully saturated rings. The number of thioether (sulfide) groups is 1. The average Bonchev–Trinajstić information content (AvgIpc) is 2.18. The number of carbonyl (C=O) groups is 1. The molecule has 0 aromatic heterocycles. The fourth-order valence-electron chi connectivity index (χ4n) is 1.04. The third-order valence-corrected chi connectivity index (χ3v) is 2.52. The SMILES string of the molecule is CSc1c(F)ccc(C(=O)CN)c1F. The molecule has 0 heterocycles. The van der Waals surface area contributed by atoms with Crippen LogP contribution < -0.4 is 5.73 Å². The molecule has 0 atom stereocenters. The van der Waals surface area contributed by atoms with E-state index < -0.39 is 17.4 Å². The first kappa shape index (κ1) is 11.1. The van der Waals surface area contributed by atoms with Crippen molar-refractivity contribution in [2.45, 2.75) is 4.90 Å². The maximum absolute atomic E-state index is 13.4. The van der Waals surface area contributed by atoms with Crippen LogP contribution in [0.15, 0.2) is 17.0 Å². The van der Waals surface area contributed by atoms with Crippen molar-refractivity contribution in [1.82, 2.24) is 0 Å². The van der Waals surface area contributed by atoms with Gasteiger partial charge >= 0.3 is 0 Å². The summed E-state index contributed by atoms with van der Waals surface area (Å²) >= 11 is 0.921. The minimum Gasteiger partial charge on any atom is -0.324 e. The van der Waals surface area contributed by atoms with Crippen molar-refractivity contribution in [1.29, 1.82) is 0 Å². The van der Waals surface area contributed by atoms with Gasteiger partial charge in [-0.05, 0) is 18.4 Å². The zero-order chi connectivity index (χ0) is 10.7. The molecule has 0 radical (unpaired) electrons. The maximum atomic E-state index is 13.4. The molecule has 0 unspecified atom stereocenters. The van der Waals surface area contributed by atoms with E-state index in [1.807, 2.05) is 0 Å². The van der Waals surface area contributed by atoms with Crippen molar-refractivity contribution in [3.63, 3.8) is 0 Å². The summed E-state index contributed by atoms with van der Waals surface area (Å²) in [6.07, 6.45) is 1.54. The molecule has 2 N–H and O–H groups in total. The second kappa shape index (κ2) is 4.52. The summed E-state index contributed by atoms with van der Waals surface area (Å²) in [5.74, 6) is -2.02. The minimum absolute atomic E-state index is 0.149. The smallest absolute Gasteiger partial charge is 0.179 e. The Kier molecular flexibility index (Phi) is 3.60. The van der Waals surface area contributed by atoms with Gasteiger partial charge in [-0.25, -0.2) is 8.78 Å². The molecule has 5 heteroatoms. The summed E-state index contributed by atoms with van der Waals surface area (Å²) < 4.78 is 26.4. The highest BCUT2D eigenvalue weighted by Crippen LogP contribution is 2.25. The second-order valence-corrected chi connectivity index (χ2v) is 3.39. The first-order valence-corrected chi connectivity index (χ1v) is 5.09. The van der Waals surface area contributed by atoms with Crippen LogP contribution in [0.1, 0.15) is 10.4 Å². The molecule has 0 aliphatic carbocycles. The predicted octanol–water partition coefficient (Wildman–Crippen LogP) is 1.83. The number of nitrogens with two attached hydrogens (primary N) is 1. The van der Waals surface area contributed by atoms with Crippen LogP contribution in [0.25, 0.3) is 0 Å². The van der Waals surface area contributed by atoms with Crippen molar-refractivity contribution < 1.29 is 13.6 Å². The lowest BCUT2D eigenvalue weighted by molar-refractivity contribution is 0.0997. The Labute approximate surface area is 84.5 Å². The molecule has 76 valence electrons. The van der Waals surface area contributed by atoms with Crippen LogP contribution >= 0.6 is 11.8 Å². The maximum Gasteiger partial charge on any atom is 0.179 e. The first-order chi connectivity index (χ1) is 6.61. The molecule has 0 amide bonds. The van der Waals surface area contributed by atoms with E-state index in [1.54, 1.807) is 0 Å². The van der Waals surface area contributed by atoms with Gasteiger partial charge in [0.2, 0.25) is 0 Å². The number of hydrogen-bond acceptors (Lipinski definition) is 3. The largest absolute Gasteiger partial charge is 0.324 e. The Hall–Kier alpha value is -0.940. The number of Topliss-reactive ketones (excluding diaryl/α,β-unsaturated/α-hetero) is 1. The van der Waals surface area contributed by atoms with Gasteiger partial charge in [-0.3, -0.25) is 4.79 Å². The lowest BCUT2D eigenvalue weighted by atomic mass is 10.1. The lowest BCUT2D eigenvalue weighted by Crippen LogP contribution is -2.15. The van der Waals surface area contributed by atoms with Crippen molar-refractivity contribution in [2.75, 3.05) is 12.8 Å². The van der Waals surface area contributed by atoms with E-state index in [0.29, 0.717) is 0 Å². The molecule has 14 heavy (non-hydrogen) atoms. The monoisotopic (exact) mass is 217 g/mol. The molecule has 2 nitrogen and oxygen atoms in total. The molecule has 1 rings (SSSR count). The Morgan fingerprint density at radius 2 is 2.14 bits per heavy atom. The Morgan fingerprint density at radius 1 is 1.50 bits per heavy atom. The Morgan fingerprint density at radius 3 is 2.64 bits per heavy atom. The highest BCUT2D eigenvalue weighted by Gasteiger charge is 2.16. The fourth-order valence-corrected chi connectivity index (χ4v) is 1.60. The fraction of sp³-hybridized carbons (Fsp3) is 0.222. The van der Waals surface area contributed by atoms with E-state index in [4.69, 9.17) is 5.73 Å². The van der Waals surface area contributed by atoms with E-state index in [-0.39, 0.29) is 17.0 Å². The Bertz CT molecular complexity index is 368. The molecule has 0 saturated carbocycles. The summed E-state index contributed by atoms with van der Waals surface area (Å²) in [6, 6.07) is 2.18. The molecule has 1 aromatic rings. The molecule has 0 bridgehead atoms. The topological polar surface area (TPSA) is 43.1 Å². The van der Waals surface area contributed by atoms with Crippen molar-refractivity contribution in [3.05, 3.63) is 29.3 Å². The number of benzene rings is 1. The summed E-state index contributed by atoms with van der Waals surface area (Å²) in [4.78, 5) is 11.0. The number of halogens is 2. The second-order valence-electron chi connectivity index (χ2n) is 2.57. The average molecular weight is 217 g/mol. The third kappa shape index (κ3) is 1.93. The zero-order valence-corrected chi connectivity index (χ0v) is 8.33. The molecular weight excluding hydrogens is 208 g/mol. The molecular formula is C9H9F2NOS. The van der Waals surface area contributed by atoms with E-state index in [2.05, 4.69) is 0 Å². The molecule has 0 spiro atoms.